The highest BCUT2D eigenvalue weighted by atomic mass is 15.2. The van der Waals surface area contributed by atoms with E-state index in [0.717, 1.165) is 19.5 Å². The van der Waals surface area contributed by atoms with Crippen LogP contribution in [-0.2, 0) is 34.7 Å². The SMILES string of the molecule is CCC1(C)/C(=C\C=C\C2=[N+](C)c3ccc4ccccc4c3C2(C)C(C)c2ccccc2)N(Cc2ccc(CN3/C(=C/C=C/C4=[N+](C)c5ccc6ccccc6c5C4(C)C(C)c4ccccc4)C(C)(C)c4c3ccc3ccccc43)cc2)c2ccc3ccccc3c21. The zero-order valence-corrected chi connectivity index (χ0v) is 54.5. The van der Waals surface area contributed by atoms with E-state index < -0.39 is 0 Å². The average molecular weight is 1180 g/mol. The van der Waals surface area contributed by atoms with Gasteiger partial charge in [-0.15, -0.1) is 0 Å². The lowest BCUT2D eigenvalue weighted by Gasteiger charge is -2.31. The Morgan fingerprint density at radius 1 is 0.385 bits per heavy atom. The maximum Gasteiger partial charge on any atom is 0.210 e. The van der Waals surface area contributed by atoms with Gasteiger partial charge in [0.1, 0.15) is 14.1 Å². The highest BCUT2D eigenvalue weighted by Crippen LogP contribution is 2.57. The minimum atomic E-state index is -0.307. The van der Waals surface area contributed by atoms with Crippen molar-refractivity contribution in [3.63, 3.8) is 0 Å². The lowest BCUT2D eigenvalue weighted by atomic mass is 9.66. The molecule has 4 heterocycles. The number of anilines is 2. The van der Waals surface area contributed by atoms with Crippen LogP contribution in [0, 0.1) is 0 Å². The molecule has 448 valence electrons. The minimum absolute atomic E-state index is 0.207. The summed E-state index contributed by atoms with van der Waals surface area (Å²) < 4.78 is 4.92. The molecule has 0 N–H and O–H groups in total. The monoisotopic (exact) mass is 1180 g/mol. The first kappa shape index (κ1) is 57.8. The Balaban J connectivity index is 0.789. The summed E-state index contributed by atoms with van der Waals surface area (Å²) in [5.74, 6) is 0.415. The van der Waals surface area contributed by atoms with Gasteiger partial charge >= 0.3 is 0 Å². The van der Waals surface area contributed by atoms with Crippen molar-refractivity contribution in [3.8, 4) is 0 Å². The van der Waals surface area contributed by atoms with E-state index in [2.05, 4.69) is 355 Å². The lowest BCUT2D eigenvalue weighted by molar-refractivity contribution is -0.401. The predicted molar refractivity (Wildman–Crippen MR) is 386 cm³/mol. The van der Waals surface area contributed by atoms with E-state index in [1.807, 2.05) is 0 Å². The normalized spacial score (nSPS) is 21.6. The summed E-state index contributed by atoms with van der Waals surface area (Å²) in [7, 11) is 4.53. The second-order valence-corrected chi connectivity index (χ2v) is 27.4. The van der Waals surface area contributed by atoms with E-state index in [1.165, 1.54) is 133 Å². The topological polar surface area (TPSA) is 12.5 Å². The molecule has 0 spiro atoms. The number of rotatable bonds is 13. The first-order valence-electron chi connectivity index (χ1n) is 33.0. The molecule has 15 rings (SSSR count). The van der Waals surface area contributed by atoms with Crippen molar-refractivity contribution in [1.29, 1.82) is 0 Å². The van der Waals surface area contributed by atoms with Crippen LogP contribution in [0.2, 0.25) is 0 Å². The van der Waals surface area contributed by atoms with Crippen LogP contribution in [0.1, 0.15) is 118 Å². The van der Waals surface area contributed by atoms with Gasteiger partial charge in [0.25, 0.3) is 0 Å². The molecule has 0 amide bonds. The van der Waals surface area contributed by atoms with Crippen molar-refractivity contribution in [2.24, 2.45) is 0 Å². The van der Waals surface area contributed by atoms with Crippen molar-refractivity contribution >= 4 is 77.3 Å². The van der Waals surface area contributed by atoms with Crippen LogP contribution in [0.15, 0.2) is 278 Å². The van der Waals surface area contributed by atoms with E-state index in [-0.39, 0.29) is 33.5 Å². The molecule has 5 atom stereocenters. The van der Waals surface area contributed by atoms with Gasteiger partial charge in [-0.2, -0.15) is 9.15 Å². The zero-order valence-electron chi connectivity index (χ0n) is 54.5. The molecule has 11 aromatic rings. The van der Waals surface area contributed by atoms with Gasteiger partial charge in [-0.05, 0) is 140 Å². The number of benzene rings is 11. The molecule has 0 radical (unpaired) electrons. The van der Waals surface area contributed by atoms with Crippen molar-refractivity contribution in [2.75, 3.05) is 23.9 Å². The smallest absolute Gasteiger partial charge is 0.210 e. The quantitative estimate of drug-likeness (QED) is 0.107. The third kappa shape index (κ3) is 8.91. The fourth-order valence-corrected chi connectivity index (χ4v) is 17.2. The fourth-order valence-electron chi connectivity index (χ4n) is 17.2. The molecule has 0 aliphatic carbocycles. The summed E-state index contributed by atoms with van der Waals surface area (Å²) in [5.41, 5.74) is 20.0. The van der Waals surface area contributed by atoms with Crippen LogP contribution < -0.4 is 9.80 Å². The van der Waals surface area contributed by atoms with Crippen molar-refractivity contribution in [3.05, 3.63) is 323 Å². The first-order valence-corrected chi connectivity index (χ1v) is 33.0. The molecule has 11 aromatic carbocycles. The Labute approximate surface area is 538 Å². The van der Waals surface area contributed by atoms with E-state index in [9.17, 15) is 0 Å². The largest absolute Gasteiger partial charge is 0.340 e. The summed E-state index contributed by atoms with van der Waals surface area (Å²) in [5, 5.41) is 10.4. The third-order valence-corrected chi connectivity index (χ3v) is 22.5. The van der Waals surface area contributed by atoms with Gasteiger partial charge in [0.05, 0.1) is 10.8 Å². The number of hydrogen-bond donors (Lipinski definition) is 0. The van der Waals surface area contributed by atoms with E-state index in [4.69, 9.17) is 0 Å². The summed E-state index contributed by atoms with van der Waals surface area (Å²) in [6, 6.07) is 86.3. The summed E-state index contributed by atoms with van der Waals surface area (Å²) in [4.78, 5) is 5.23. The summed E-state index contributed by atoms with van der Waals surface area (Å²) >= 11 is 0. The maximum atomic E-state index is 2.63. The van der Waals surface area contributed by atoms with Gasteiger partial charge in [0.2, 0.25) is 11.4 Å². The zero-order chi connectivity index (χ0) is 62.6. The molecule has 0 aromatic heterocycles. The second kappa shape index (κ2) is 22.1. The van der Waals surface area contributed by atoms with Gasteiger partial charge in [0.15, 0.2) is 11.4 Å². The molecule has 0 bridgehead atoms. The van der Waals surface area contributed by atoms with E-state index in [1.54, 1.807) is 0 Å². The van der Waals surface area contributed by atoms with Gasteiger partial charge in [-0.1, -0.05) is 241 Å². The maximum absolute atomic E-state index is 2.63. The molecule has 5 unspecified atom stereocenters. The van der Waals surface area contributed by atoms with E-state index in [0.29, 0.717) is 0 Å². The first-order chi connectivity index (χ1) is 44.2. The van der Waals surface area contributed by atoms with Crippen LogP contribution in [0.5, 0.6) is 0 Å². The van der Waals surface area contributed by atoms with Gasteiger partial charge in [-0.3, -0.25) is 0 Å². The molecular formula is C87H82N4+2. The van der Waals surface area contributed by atoms with Crippen molar-refractivity contribution in [1.82, 2.24) is 0 Å². The van der Waals surface area contributed by atoms with Gasteiger partial charge in [-0.25, -0.2) is 0 Å². The number of hydrogen-bond acceptors (Lipinski definition) is 2. The van der Waals surface area contributed by atoms with Gasteiger partial charge in [0, 0.05) is 93.9 Å². The van der Waals surface area contributed by atoms with Gasteiger partial charge < -0.3 is 9.80 Å². The molecule has 4 aliphatic heterocycles. The number of allylic oxidation sites excluding steroid dienone is 8. The Bertz CT molecular complexity index is 4940. The van der Waals surface area contributed by atoms with Crippen LogP contribution >= 0.6 is 0 Å². The molecular weight excluding hydrogens is 1100 g/mol. The number of nitrogens with zero attached hydrogens (tertiary/aromatic N) is 4. The molecule has 0 saturated heterocycles. The fraction of sp³-hybridized carbons (Fsp3) is 0.218. The molecule has 4 nitrogen and oxygen atoms in total. The lowest BCUT2D eigenvalue weighted by Crippen LogP contribution is -2.36. The number of fused-ring (bicyclic) bond motifs is 12. The molecule has 4 heteroatoms. The molecule has 91 heavy (non-hydrogen) atoms. The summed E-state index contributed by atoms with van der Waals surface area (Å²) in [6.45, 7) is 21.0. The summed E-state index contributed by atoms with van der Waals surface area (Å²) in [6.07, 6.45) is 15.4. The van der Waals surface area contributed by atoms with E-state index >= 15 is 0 Å². The molecule has 4 aliphatic rings. The Morgan fingerprint density at radius 2 is 0.736 bits per heavy atom. The molecule has 0 saturated carbocycles. The highest BCUT2D eigenvalue weighted by Gasteiger charge is 2.54. The minimum Gasteiger partial charge on any atom is -0.340 e. The van der Waals surface area contributed by atoms with Crippen LogP contribution in [0.25, 0.3) is 43.1 Å². The second-order valence-electron chi connectivity index (χ2n) is 27.4. The van der Waals surface area contributed by atoms with Crippen LogP contribution in [0.3, 0.4) is 0 Å². The third-order valence-electron chi connectivity index (χ3n) is 22.5. The average Bonchev–Trinajstić information content (AvgIpc) is 1.66. The Morgan fingerprint density at radius 3 is 1.16 bits per heavy atom. The van der Waals surface area contributed by atoms with Crippen LogP contribution in [0.4, 0.5) is 22.7 Å². The van der Waals surface area contributed by atoms with Crippen molar-refractivity contribution < 1.29 is 9.15 Å². The molecule has 0 fully saturated rings. The standard InChI is InChI=1S/C87H82N4/c1-11-85(6)77(41-27-43-79-87(8,59(3)63-30-16-13-17-31-63)83-71-39-25-21-35-67(71)49-53-73(83)89(79)10)91(75-55-51-65-33-19-23-37-69(65)81(75)85)57-61-46-44-60(45-47-61)56-90-74-54-50-64-32-18-22-36-68(64)80(74)84(4,5)76(90)40-26-42-78-86(7,58(2)62-28-14-12-15-29-62)82-70-38-24-20-34-66(70)48-52-72(82)88(78)9/h12-55,58-59H,11,56-57H2,1-10H3/q+2. The highest BCUT2D eigenvalue weighted by molar-refractivity contribution is 6.10. The predicted octanol–water partition coefficient (Wildman–Crippen LogP) is 21.1. The van der Waals surface area contributed by atoms with Crippen molar-refractivity contribution in [2.45, 2.75) is 108 Å². The Kier molecular flexibility index (Phi) is 14.0. The van der Waals surface area contributed by atoms with Crippen LogP contribution in [-0.4, -0.2) is 34.7 Å². The Hall–Kier alpha value is -9.64.